The second-order valence-corrected chi connectivity index (χ2v) is 10.3. The van der Waals surface area contributed by atoms with Gasteiger partial charge < -0.3 is 4.43 Å². The molecule has 0 radical (unpaired) electrons. The summed E-state index contributed by atoms with van der Waals surface area (Å²) in [7, 11) is -1.60. The van der Waals surface area contributed by atoms with Gasteiger partial charge in [0.1, 0.15) is 0 Å². The molecule has 0 spiro atoms. The van der Waals surface area contributed by atoms with Crippen LogP contribution in [0.15, 0.2) is 24.5 Å². The average molecular weight is 224 g/mol. The molecule has 0 fully saturated rings. The molecule has 0 aliphatic rings. The predicted octanol–water partition coefficient (Wildman–Crippen LogP) is 3.02. The van der Waals surface area contributed by atoms with E-state index in [1.54, 1.807) is 0 Å². The van der Waals surface area contributed by atoms with Gasteiger partial charge in [0.25, 0.3) is 0 Å². The summed E-state index contributed by atoms with van der Waals surface area (Å²) in [6.45, 7) is 12.1. The molecule has 15 heavy (non-hydrogen) atoms. The van der Waals surface area contributed by atoms with Gasteiger partial charge in [-0.3, -0.25) is 0 Å². The van der Waals surface area contributed by atoms with Gasteiger partial charge in [0.05, 0.1) is 6.61 Å². The van der Waals surface area contributed by atoms with Gasteiger partial charge in [0.2, 0.25) is 0 Å². The quantitative estimate of drug-likeness (QED) is 0.724. The minimum Gasteiger partial charge on any atom is -0.413 e. The maximum atomic E-state index is 6.10. The van der Waals surface area contributed by atoms with Crippen LogP contribution in [0.4, 0.5) is 0 Å². The van der Waals surface area contributed by atoms with Crippen molar-refractivity contribution >= 4 is 8.32 Å². The molecule has 0 saturated carbocycles. The Balaban J connectivity index is 2.58. The van der Waals surface area contributed by atoms with Crippen LogP contribution in [0.25, 0.3) is 0 Å². The second-order valence-electron chi connectivity index (χ2n) is 5.46. The lowest BCUT2D eigenvalue weighted by Crippen LogP contribution is -2.40. The molecule has 1 rings (SSSR count). The number of aromatic nitrogens is 1. The van der Waals surface area contributed by atoms with Crippen LogP contribution >= 0.6 is 0 Å². The molecule has 0 aromatic carbocycles. The summed E-state index contributed by atoms with van der Waals surface area (Å²) in [6, 6.07) is 4.13. The molecule has 0 aliphatic carbocycles. The maximum absolute atomic E-state index is 6.10. The van der Waals surface area contributed by atoms with Crippen molar-refractivity contribution in [3.63, 3.8) is 0 Å². The Hall–Kier alpha value is -0.673. The molecule has 84 valence electrons. The number of pyridine rings is 1. The fourth-order valence-electron chi connectivity index (χ4n) is 0.998. The molecule has 0 aliphatic heterocycles. The average Bonchev–Trinajstić information content (AvgIpc) is 2.15. The minimum absolute atomic E-state index is 0.286. The topological polar surface area (TPSA) is 23.4 Å². The third-order valence-corrected chi connectivity index (χ3v) is 7.67. The highest BCUT2D eigenvalue weighted by Gasteiger charge is 2.36. The van der Waals surface area contributed by atoms with Gasteiger partial charge in [-0.25, -0.2) is 4.98 Å². The molecule has 1 aromatic heterocycles. The lowest BCUT2D eigenvalue weighted by Gasteiger charge is -2.36. The van der Waals surface area contributed by atoms with Crippen LogP contribution in [0.1, 0.15) is 26.3 Å². The summed E-state index contributed by atoms with van der Waals surface area (Å²) in [6.07, 6.45) is 3.87. The molecule has 2 nitrogen and oxygen atoms in total. The molecule has 0 atom stereocenters. The fraction of sp³-hybridized carbons (Fsp3) is 0.583. The van der Waals surface area contributed by atoms with Crippen LogP contribution in [-0.4, -0.2) is 8.32 Å². The number of rotatable bonds is 3. The van der Waals surface area contributed by atoms with E-state index < -0.39 is 8.32 Å². The Morgan fingerprint density at radius 3 is 2.20 bits per heavy atom. The van der Waals surface area contributed by atoms with Gasteiger partial charge in [0.15, 0.2) is 20.7 Å². The largest absolute Gasteiger partial charge is 0.413 e. The third-order valence-electron chi connectivity index (χ3n) is 3.19. The van der Waals surface area contributed by atoms with Gasteiger partial charge in [-0.1, -0.05) is 20.8 Å². The number of hydrogen-bond donors (Lipinski definition) is 0. The molecule has 0 amide bonds. The van der Waals surface area contributed by atoms with Crippen molar-refractivity contribution in [2.75, 3.05) is 0 Å². The van der Waals surface area contributed by atoms with Crippen molar-refractivity contribution in [3.05, 3.63) is 30.1 Å². The van der Waals surface area contributed by atoms with Crippen LogP contribution in [-0.2, 0) is 11.0 Å². The molecule has 1 aromatic rings. The van der Waals surface area contributed by atoms with E-state index in [4.69, 9.17) is 4.43 Å². The van der Waals surface area contributed by atoms with Gasteiger partial charge in [-0.05, 0) is 23.7 Å². The van der Waals surface area contributed by atoms with E-state index in [1.165, 1.54) is 5.56 Å². The minimum atomic E-state index is -1.60. The van der Waals surface area contributed by atoms with Crippen LogP contribution < -0.4 is 4.98 Å². The van der Waals surface area contributed by atoms with Crippen molar-refractivity contribution in [1.29, 1.82) is 0 Å². The van der Waals surface area contributed by atoms with E-state index in [0.717, 1.165) is 6.61 Å². The summed E-state index contributed by atoms with van der Waals surface area (Å²) in [5.41, 5.74) is 1.23. The maximum Gasteiger partial charge on any atom is 0.192 e. The van der Waals surface area contributed by atoms with Gasteiger partial charge in [-0.15, -0.1) is 0 Å². The highest BCUT2D eigenvalue weighted by atomic mass is 28.4. The zero-order valence-corrected chi connectivity index (χ0v) is 11.4. The molecular weight excluding hydrogens is 202 g/mol. The summed E-state index contributed by atoms with van der Waals surface area (Å²) in [4.78, 5) is 3.02. The normalized spacial score (nSPS) is 12.9. The molecule has 1 N–H and O–H groups in total. The number of hydrogen-bond acceptors (Lipinski definition) is 1. The van der Waals surface area contributed by atoms with Crippen LogP contribution in [0.5, 0.6) is 0 Å². The van der Waals surface area contributed by atoms with Crippen molar-refractivity contribution in [2.24, 2.45) is 0 Å². The predicted molar refractivity (Wildman–Crippen MR) is 65.0 cm³/mol. The SMILES string of the molecule is CC(C)(C)[Si](C)(C)OCc1cc[nH+]cc1. The molecule has 0 saturated heterocycles. The third kappa shape index (κ3) is 3.43. The molecule has 1 heterocycles. The first-order chi connectivity index (χ1) is 6.83. The smallest absolute Gasteiger partial charge is 0.192 e. The summed E-state index contributed by atoms with van der Waals surface area (Å²) in [5.74, 6) is 0. The lowest BCUT2D eigenvalue weighted by atomic mass is 10.2. The van der Waals surface area contributed by atoms with Crippen molar-refractivity contribution in [3.8, 4) is 0 Å². The summed E-state index contributed by atoms with van der Waals surface area (Å²) in [5, 5.41) is 0.286. The first kappa shape index (κ1) is 12.4. The number of aromatic amines is 1. The number of H-pyrrole nitrogens is 1. The number of nitrogens with one attached hydrogen (secondary N) is 1. The first-order valence-corrected chi connectivity index (χ1v) is 8.33. The standard InChI is InChI=1S/C12H21NOSi/c1-12(2,3)15(4,5)14-10-11-6-8-13-9-7-11/h6-9H,10H2,1-5H3/p+1. The Labute approximate surface area is 93.8 Å². The zero-order valence-electron chi connectivity index (χ0n) is 10.4. The highest BCUT2D eigenvalue weighted by molar-refractivity contribution is 6.74. The van der Waals surface area contributed by atoms with E-state index in [0.29, 0.717) is 0 Å². The van der Waals surface area contributed by atoms with E-state index >= 15 is 0 Å². The van der Waals surface area contributed by atoms with Gasteiger partial charge in [0, 0.05) is 12.1 Å². The first-order valence-electron chi connectivity index (χ1n) is 5.42. The Morgan fingerprint density at radius 1 is 1.20 bits per heavy atom. The highest BCUT2D eigenvalue weighted by Crippen LogP contribution is 2.36. The monoisotopic (exact) mass is 224 g/mol. The Kier molecular flexibility index (Phi) is 3.68. The van der Waals surface area contributed by atoms with E-state index in [1.807, 2.05) is 12.4 Å². The van der Waals surface area contributed by atoms with Crippen molar-refractivity contribution in [2.45, 2.75) is 45.5 Å². The molecule has 0 unspecified atom stereocenters. The van der Waals surface area contributed by atoms with Crippen LogP contribution in [0.3, 0.4) is 0 Å². The fourth-order valence-corrected chi connectivity index (χ4v) is 1.96. The van der Waals surface area contributed by atoms with Crippen LogP contribution in [0, 0.1) is 0 Å². The van der Waals surface area contributed by atoms with E-state index in [2.05, 4.69) is 51.0 Å². The van der Waals surface area contributed by atoms with Gasteiger partial charge in [-0.2, -0.15) is 0 Å². The van der Waals surface area contributed by atoms with Crippen molar-refractivity contribution < 1.29 is 9.41 Å². The summed E-state index contributed by atoms with van der Waals surface area (Å²) >= 11 is 0. The molecular formula is C12H22NOSi+. The molecule has 3 heteroatoms. The lowest BCUT2D eigenvalue weighted by molar-refractivity contribution is -0.378. The zero-order chi connectivity index (χ0) is 11.5. The van der Waals surface area contributed by atoms with Gasteiger partial charge >= 0.3 is 0 Å². The summed E-state index contributed by atoms with van der Waals surface area (Å²) < 4.78 is 6.10. The Morgan fingerprint density at radius 2 is 1.73 bits per heavy atom. The van der Waals surface area contributed by atoms with E-state index in [-0.39, 0.29) is 5.04 Å². The second kappa shape index (κ2) is 4.45. The van der Waals surface area contributed by atoms with Crippen LogP contribution in [0.2, 0.25) is 18.1 Å². The van der Waals surface area contributed by atoms with E-state index in [9.17, 15) is 0 Å². The molecule has 0 bridgehead atoms. The Bertz CT molecular complexity index is 303. The van der Waals surface area contributed by atoms with Crippen molar-refractivity contribution in [1.82, 2.24) is 0 Å².